The molecule has 1 saturated carbocycles. The summed E-state index contributed by atoms with van der Waals surface area (Å²) in [6, 6.07) is 16.1. The molecule has 3 heterocycles. The van der Waals surface area contributed by atoms with Gasteiger partial charge in [0.1, 0.15) is 17.8 Å². The number of aromatic nitrogens is 2. The van der Waals surface area contributed by atoms with Crippen LogP contribution < -0.4 is 4.74 Å². The van der Waals surface area contributed by atoms with Crippen molar-refractivity contribution in [1.82, 2.24) is 9.97 Å². The molecule has 3 unspecified atom stereocenters. The second-order valence-corrected chi connectivity index (χ2v) is 12.5. The number of carbonyl (C=O) groups is 2. The molecule has 0 spiro atoms. The summed E-state index contributed by atoms with van der Waals surface area (Å²) in [5, 5.41) is 10.8. The molecule has 7 nitrogen and oxygen atoms in total. The van der Waals surface area contributed by atoms with Crippen LogP contribution in [0, 0.1) is 24.7 Å². The van der Waals surface area contributed by atoms with E-state index in [1.165, 1.54) is 6.26 Å². The van der Waals surface area contributed by atoms with Crippen LogP contribution in [0.5, 0.6) is 5.75 Å². The number of ketones is 2. The number of ether oxygens (including phenoxy) is 1. The highest BCUT2D eigenvalue weighted by atomic mass is 16.5. The van der Waals surface area contributed by atoms with Crippen LogP contribution in [0.25, 0.3) is 11.1 Å². The molecule has 3 aromatic heterocycles. The summed E-state index contributed by atoms with van der Waals surface area (Å²) in [6.07, 6.45) is 6.81. The summed E-state index contributed by atoms with van der Waals surface area (Å²) in [5.41, 5.74) is 5.78. The van der Waals surface area contributed by atoms with Gasteiger partial charge in [-0.3, -0.25) is 14.6 Å². The van der Waals surface area contributed by atoms with E-state index in [1.807, 2.05) is 46.0 Å². The Kier molecular flexibility index (Phi) is 9.31. The molecule has 7 heteroatoms. The van der Waals surface area contributed by atoms with Crippen LogP contribution in [0.3, 0.4) is 0 Å². The Bertz CT molecular complexity index is 1530. The first-order valence-electron chi connectivity index (χ1n) is 15.2. The number of rotatable bonds is 11. The minimum atomic E-state index is -0.591. The van der Waals surface area contributed by atoms with Crippen molar-refractivity contribution >= 4 is 11.6 Å². The van der Waals surface area contributed by atoms with E-state index in [2.05, 4.69) is 40.3 Å². The smallest absolute Gasteiger partial charge is 0.167 e. The Balaban J connectivity index is 1.24. The van der Waals surface area contributed by atoms with E-state index >= 15 is 0 Å². The van der Waals surface area contributed by atoms with Gasteiger partial charge in [0.2, 0.25) is 0 Å². The molecule has 0 saturated heterocycles. The molecule has 5 rings (SSSR count). The van der Waals surface area contributed by atoms with Crippen molar-refractivity contribution in [1.29, 1.82) is 0 Å². The minimum Gasteiger partial charge on any atom is -0.493 e. The second kappa shape index (κ2) is 13.1. The molecule has 1 fully saturated rings. The number of hydrogen-bond donors (Lipinski definition) is 2. The van der Waals surface area contributed by atoms with Crippen molar-refractivity contribution < 1.29 is 23.8 Å². The van der Waals surface area contributed by atoms with Gasteiger partial charge in [-0.25, -0.2) is 0 Å². The molecule has 0 radical (unpaired) electrons. The molecule has 226 valence electrons. The summed E-state index contributed by atoms with van der Waals surface area (Å²) in [5.74, 6) is 0.411. The number of nitrogens with zero attached hydrogens (tertiary/aromatic N) is 1. The van der Waals surface area contributed by atoms with Gasteiger partial charge in [0.05, 0.1) is 19.1 Å². The normalized spacial score (nSPS) is 20.1. The topological polar surface area (TPSA) is 105 Å². The average molecular weight is 583 g/mol. The Labute approximate surface area is 253 Å². The lowest BCUT2D eigenvalue weighted by atomic mass is 9.72. The monoisotopic (exact) mass is 582 g/mol. The number of furan rings is 1. The highest BCUT2D eigenvalue weighted by molar-refractivity contribution is 5.98. The van der Waals surface area contributed by atoms with Crippen molar-refractivity contribution in [2.45, 2.75) is 71.3 Å². The van der Waals surface area contributed by atoms with Gasteiger partial charge in [-0.2, -0.15) is 0 Å². The number of Topliss-reactive ketones (excluding diaryl/α,β-unsaturated/α-hetero) is 2. The third-order valence-corrected chi connectivity index (χ3v) is 8.81. The summed E-state index contributed by atoms with van der Waals surface area (Å²) < 4.78 is 11.0. The first-order chi connectivity index (χ1) is 20.6. The Morgan fingerprint density at radius 2 is 1.79 bits per heavy atom. The zero-order valence-corrected chi connectivity index (χ0v) is 25.7. The number of carbonyl (C=O) groups excluding carboxylic acids is 2. The second-order valence-electron chi connectivity index (χ2n) is 12.5. The fraction of sp³-hybridized carbons (Fsp3) is 0.417. The van der Waals surface area contributed by atoms with Crippen LogP contribution in [0.1, 0.15) is 84.9 Å². The third-order valence-electron chi connectivity index (χ3n) is 8.81. The van der Waals surface area contributed by atoms with Gasteiger partial charge >= 0.3 is 0 Å². The minimum absolute atomic E-state index is 0.0351. The van der Waals surface area contributed by atoms with Crippen LogP contribution in [0.2, 0.25) is 0 Å². The van der Waals surface area contributed by atoms with E-state index in [1.54, 1.807) is 19.4 Å². The first-order valence-corrected chi connectivity index (χ1v) is 15.2. The van der Waals surface area contributed by atoms with Crippen LogP contribution in [-0.2, 0) is 11.2 Å². The largest absolute Gasteiger partial charge is 0.493 e. The number of aryl methyl sites for hydroxylation is 1. The lowest BCUT2D eigenvalue weighted by Gasteiger charge is -2.33. The zero-order chi connectivity index (χ0) is 30.7. The van der Waals surface area contributed by atoms with E-state index in [-0.39, 0.29) is 35.2 Å². The van der Waals surface area contributed by atoms with Crippen LogP contribution in [0.4, 0.5) is 0 Å². The van der Waals surface area contributed by atoms with Crippen LogP contribution in [-0.4, -0.2) is 39.9 Å². The predicted molar refractivity (Wildman–Crippen MR) is 166 cm³/mol. The van der Waals surface area contributed by atoms with Gasteiger partial charge in [0, 0.05) is 58.7 Å². The fourth-order valence-corrected chi connectivity index (χ4v) is 6.42. The Morgan fingerprint density at radius 1 is 1.05 bits per heavy atom. The summed E-state index contributed by atoms with van der Waals surface area (Å²) in [6.45, 7) is 7.95. The molecule has 1 aliphatic carbocycles. The van der Waals surface area contributed by atoms with Crippen LogP contribution >= 0.6 is 0 Å². The highest BCUT2D eigenvalue weighted by Crippen LogP contribution is 2.41. The maximum Gasteiger partial charge on any atom is 0.167 e. The number of hydrogen-bond acceptors (Lipinski definition) is 6. The van der Waals surface area contributed by atoms with Gasteiger partial charge in [-0.15, -0.1) is 0 Å². The van der Waals surface area contributed by atoms with Gasteiger partial charge in [-0.05, 0) is 61.8 Å². The Morgan fingerprint density at radius 3 is 2.44 bits per heavy atom. The van der Waals surface area contributed by atoms with E-state index in [4.69, 9.17) is 9.15 Å². The van der Waals surface area contributed by atoms with E-state index in [0.717, 1.165) is 28.1 Å². The molecule has 43 heavy (non-hydrogen) atoms. The van der Waals surface area contributed by atoms with Crippen LogP contribution in [0.15, 0.2) is 71.6 Å². The summed E-state index contributed by atoms with van der Waals surface area (Å²) >= 11 is 0. The van der Waals surface area contributed by atoms with E-state index < -0.39 is 12.0 Å². The zero-order valence-electron chi connectivity index (χ0n) is 25.7. The number of pyridine rings is 1. The molecule has 0 bridgehead atoms. The lowest BCUT2D eigenvalue weighted by molar-refractivity contribution is -0.128. The van der Waals surface area contributed by atoms with Crippen molar-refractivity contribution in [3.63, 3.8) is 0 Å². The first kappa shape index (κ1) is 30.5. The number of H-pyrrole nitrogens is 1. The lowest BCUT2D eigenvalue weighted by Crippen LogP contribution is -2.34. The number of methoxy groups -OCH3 is 1. The van der Waals surface area contributed by atoms with Gasteiger partial charge < -0.3 is 19.2 Å². The van der Waals surface area contributed by atoms with E-state index in [9.17, 15) is 14.7 Å². The predicted octanol–water partition coefficient (Wildman–Crippen LogP) is 7.30. The molecule has 1 aliphatic rings. The molecule has 0 aliphatic heterocycles. The maximum absolute atomic E-state index is 13.8. The molecule has 5 atom stereocenters. The van der Waals surface area contributed by atoms with Crippen molar-refractivity contribution in [3.05, 3.63) is 95.5 Å². The quantitative estimate of drug-likeness (QED) is 0.180. The average Bonchev–Trinajstić information content (AvgIpc) is 3.68. The standard InChI is InChI=1S/C36H42N2O5/c1-21(2)34(33-17-31(42-5)20-43-33)36(41)28-13-27(14-30(39)15-28)32-16-29(19-38-32)35(40)22(3)12-24-7-10-25(11-8-24)26-9-6-23(4)37-18-26/h6-11,16-22,27-28,30,34,38-39H,12-15H2,1-5H3/t22?,27-,28?,30+,34?/m0/s1. The van der Waals surface area contributed by atoms with Gasteiger partial charge in [0.15, 0.2) is 11.5 Å². The van der Waals surface area contributed by atoms with Gasteiger partial charge in [-0.1, -0.05) is 51.1 Å². The number of aliphatic hydroxyl groups is 1. The number of benzene rings is 1. The highest BCUT2D eigenvalue weighted by Gasteiger charge is 2.39. The number of aromatic amines is 1. The van der Waals surface area contributed by atoms with Gasteiger partial charge in [0.25, 0.3) is 0 Å². The van der Waals surface area contributed by atoms with Crippen molar-refractivity contribution in [3.8, 4) is 16.9 Å². The fourth-order valence-electron chi connectivity index (χ4n) is 6.42. The van der Waals surface area contributed by atoms with Crippen molar-refractivity contribution in [2.24, 2.45) is 17.8 Å². The number of nitrogens with one attached hydrogen (secondary N) is 1. The van der Waals surface area contributed by atoms with Crippen molar-refractivity contribution in [2.75, 3.05) is 7.11 Å². The molecule has 1 aromatic carbocycles. The summed E-state index contributed by atoms with van der Waals surface area (Å²) in [4.78, 5) is 34.8. The summed E-state index contributed by atoms with van der Waals surface area (Å²) in [7, 11) is 1.57. The van der Waals surface area contributed by atoms with E-state index in [0.29, 0.717) is 42.8 Å². The SMILES string of the molecule is COc1coc(C(C(=O)C2C[C@H](O)C[C@@H](c3cc(C(=O)C(C)Cc4ccc(-c5ccc(C)nc5)cc4)c[nH]3)C2)C(C)C)c1. The molecule has 2 N–H and O–H groups in total. The molecular formula is C36H42N2O5. The maximum atomic E-state index is 13.8. The third kappa shape index (κ3) is 6.99. The molecule has 0 amide bonds. The molecular weight excluding hydrogens is 540 g/mol. The number of aliphatic hydroxyl groups excluding tert-OH is 1. The molecule has 4 aromatic rings. The Hall–Kier alpha value is -3.97.